The van der Waals surface area contributed by atoms with Crippen molar-refractivity contribution in [2.24, 2.45) is 0 Å². The molecular weight excluding hydrogens is 382 g/mol. The summed E-state index contributed by atoms with van der Waals surface area (Å²) in [5, 5.41) is 4.25. The third kappa shape index (κ3) is 3.47. The van der Waals surface area contributed by atoms with E-state index >= 15 is 0 Å². The van der Waals surface area contributed by atoms with Crippen LogP contribution in [-0.4, -0.2) is 34.4 Å². The molecule has 0 atom stereocenters. The van der Waals surface area contributed by atoms with Gasteiger partial charge in [0.05, 0.1) is 11.1 Å². The first-order valence-corrected chi connectivity index (χ1v) is 11.0. The van der Waals surface area contributed by atoms with Crippen LogP contribution < -0.4 is 5.32 Å². The molecule has 148 valence electrons. The number of nitrogens with one attached hydrogen (secondary N) is 1. The Morgan fingerprint density at radius 3 is 2.72 bits per heavy atom. The van der Waals surface area contributed by atoms with Gasteiger partial charge in [0.1, 0.15) is 0 Å². The molecule has 5 rings (SSSR count). The van der Waals surface area contributed by atoms with Crippen molar-refractivity contribution in [3.8, 4) is 11.3 Å². The second-order valence-electron chi connectivity index (χ2n) is 7.55. The highest BCUT2D eigenvalue weighted by atomic mass is 32.2. The summed E-state index contributed by atoms with van der Waals surface area (Å²) >= 11 is 1.78. The number of carbonyl (C=O) groups is 1. The molecule has 0 saturated carbocycles. The fraction of sp³-hybridized carbons (Fsp3) is 0.304. The standard InChI is InChI=1S/C23H23N3O2S/c27-21(23(9-12-28-13-10-23)18-6-2-1-3-7-18)24-19-8-4-5-17(15-19)20-16-26-11-14-29-22(26)25-20/h1-8,15-16H,9-14H2,(H,24,27). The molecule has 1 fully saturated rings. The van der Waals surface area contributed by atoms with E-state index in [1.54, 1.807) is 11.8 Å². The van der Waals surface area contributed by atoms with Crippen molar-refractivity contribution in [3.63, 3.8) is 0 Å². The smallest absolute Gasteiger partial charge is 0.235 e. The van der Waals surface area contributed by atoms with Crippen molar-refractivity contribution >= 4 is 23.4 Å². The largest absolute Gasteiger partial charge is 0.381 e. The van der Waals surface area contributed by atoms with Gasteiger partial charge in [-0.2, -0.15) is 0 Å². The van der Waals surface area contributed by atoms with Gasteiger partial charge in [0.2, 0.25) is 5.91 Å². The van der Waals surface area contributed by atoms with E-state index in [-0.39, 0.29) is 5.91 Å². The van der Waals surface area contributed by atoms with Gasteiger partial charge >= 0.3 is 0 Å². The Balaban J connectivity index is 1.42. The fourth-order valence-corrected chi connectivity index (χ4v) is 5.12. The Kier molecular flexibility index (Phi) is 4.89. The van der Waals surface area contributed by atoms with Crippen LogP contribution in [0.3, 0.4) is 0 Å². The summed E-state index contributed by atoms with van der Waals surface area (Å²) in [6, 6.07) is 18.0. The van der Waals surface area contributed by atoms with E-state index in [1.165, 1.54) is 0 Å². The number of nitrogens with zero attached hydrogens (tertiary/aromatic N) is 2. The van der Waals surface area contributed by atoms with Crippen LogP contribution in [0.25, 0.3) is 11.3 Å². The number of fused-ring (bicyclic) bond motifs is 1. The highest BCUT2D eigenvalue weighted by molar-refractivity contribution is 7.99. The zero-order valence-electron chi connectivity index (χ0n) is 16.1. The van der Waals surface area contributed by atoms with Gasteiger partial charge in [-0.3, -0.25) is 4.79 Å². The quantitative estimate of drug-likeness (QED) is 0.701. The van der Waals surface area contributed by atoms with E-state index < -0.39 is 5.41 Å². The van der Waals surface area contributed by atoms with Gasteiger partial charge < -0.3 is 14.6 Å². The van der Waals surface area contributed by atoms with Gasteiger partial charge in [0, 0.05) is 43.0 Å². The number of amides is 1. The molecule has 1 amide bonds. The predicted octanol–water partition coefficient (Wildman–Crippen LogP) is 4.34. The summed E-state index contributed by atoms with van der Waals surface area (Å²) in [7, 11) is 0. The monoisotopic (exact) mass is 405 g/mol. The molecule has 6 heteroatoms. The van der Waals surface area contributed by atoms with Gasteiger partial charge in [0.25, 0.3) is 0 Å². The number of aryl methyl sites for hydroxylation is 1. The maximum absolute atomic E-state index is 13.5. The number of imidazole rings is 1. The molecule has 1 aromatic heterocycles. The first-order chi connectivity index (χ1) is 14.2. The van der Waals surface area contributed by atoms with E-state index in [4.69, 9.17) is 9.72 Å². The van der Waals surface area contributed by atoms with Crippen LogP contribution in [-0.2, 0) is 21.5 Å². The predicted molar refractivity (Wildman–Crippen MR) is 115 cm³/mol. The molecular formula is C23H23N3O2S. The van der Waals surface area contributed by atoms with Crippen molar-refractivity contribution in [1.82, 2.24) is 9.55 Å². The Morgan fingerprint density at radius 2 is 1.93 bits per heavy atom. The van der Waals surface area contributed by atoms with Crippen LogP contribution >= 0.6 is 11.8 Å². The van der Waals surface area contributed by atoms with Gasteiger partial charge in [-0.25, -0.2) is 4.98 Å². The zero-order chi connectivity index (χ0) is 19.7. The molecule has 0 unspecified atom stereocenters. The van der Waals surface area contributed by atoms with Crippen LogP contribution in [0, 0.1) is 0 Å². The van der Waals surface area contributed by atoms with E-state index in [1.807, 2.05) is 54.6 Å². The average Bonchev–Trinajstić information content (AvgIpc) is 3.37. The Bertz CT molecular complexity index is 1000. The molecule has 0 radical (unpaired) electrons. The summed E-state index contributed by atoms with van der Waals surface area (Å²) < 4.78 is 7.75. The molecule has 0 aliphatic carbocycles. The number of anilines is 1. The number of thioether (sulfide) groups is 1. The summed E-state index contributed by atoms with van der Waals surface area (Å²) in [6.07, 6.45) is 3.47. The van der Waals surface area contributed by atoms with E-state index in [2.05, 4.69) is 16.1 Å². The van der Waals surface area contributed by atoms with Crippen LogP contribution in [0.2, 0.25) is 0 Å². The van der Waals surface area contributed by atoms with E-state index in [0.717, 1.165) is 40.0 Å². The van der Waals surface area contributed by atoms with E-state index in [9.17, 15) is 4.79 Å². The van der Waals surface area contributed by atoms with Crippen molar-refractivity contribution in [2.45, 2.75) is 30.0 Å². The average molecular weight is 406 g/mol. The second-order valence-corrected chi connectivity index (χ2v) is 8.61. The maximum Gasteiger partial charge on any atom is 0.235 e. The third-order valence-corrected chi connectivity index (χ3v) is 6.80. The number of hydrogen-bond donors (Lipinski definition) is 1. The lowest BCUT2D eigenvalue weighted by molar-refractivity contribution is -0.125. The number of ether oxygens (including phenoxy) is 1. The second kappa shape index (κ2) is 7.69. The molecule has 29 heavy (non-hydrogen) atoms. The summed E-state index contributed by atoms with van der Waals surface area (Å²) in [4.78, 5) is 18.2. The normalized spacial score (nSPS) is 17.7. The number of rotatable bonds is 4. The lowest BCUT2D eigenvalue weighted by Crippen LogP contribution is -2.44. The molecule has 2 aliphatic rings. The minimum absolute atomic E-state index is 0.0343. The van der Waals surface area contributed by atoms with Gasteiger partial charge in [-0.15, -0.1) is 0 Å². The maximum atomic E-state index is 13.5. The number of carbonyl (C=O) groups excluding carboxylic acids is 1. The topological polar surface area (TPSA) is 56.2 Å². The fourth-order valence-electron chi connectivity index (χ4n) is 4.18. The minimum atomic E-state index is -0.554. The summed E-state index contributed by atoms with van der Waals surface area (Å²) in [5.74, 6) is 1.12. The van der Waals surface area contributed by atoms with Gasteiger partial charge in [-0.1, -0.05) is 54.2 Å². The molecule has 2 aromatic carbocycles. The van der Waals surface area contributed by atoms with Crippen LogP contribution in [0.1, 0.15) is 18.4 Å². The van der Waals surface area contributed by atoms with Crippen LogP contribution in [0.4, 0.5) is 5.69 Å². The van der Waals surface area contributed by atoms with E-state index in [0.29, 0.717) is 26.1 Å². The van der Waals surface area contributed by atoms with Crippen molar-refractivity contribution in [1.29, 1.82) is 0 Å². The summed E-state index contributed by atoms with van der Waals surface area (Å²) in [6.45, 7) is 2.20. The van der Waals surface area contributed by atoms with Gasteiger partial charge in [0.15, 0.2) is 5.16 Å². The van der Waals surface area contributed by atoms with Crippen molar-refractivity contribution in [2.75, 3.05) is 24.3 Å². The molecule has 0 spiro atoms. The summed E-state index contributed by atoms with van der Waals surface area (Å²) in [5.41, 5.74) is 3.27. The molecule has 2 aliphatic heterocycles. The molecule has 1 saturated heterocycles. The molecule has 3 heterocycles. The number of hydrogen-bond acceptors (Lipinski definition) is 4. The Labute approximate surface area is 174 Å². The first kappa shape index (κ1) is 18.5. The molecule has 3 aromatic rings. The lowest BCUT2D eigenvalue weighted by Gasteiger charge is -2.36. The van der Waals surface area contributed by atoms with Crippen molar-refractivity contribution < 1.29 is 9.53 Å². The lowest BCUT2D eigenvalue weighted by atomic mass is 9.73. The molecule has 5 nitrogen and oxygen atoms in total. The number of benzene rings is 2. The number of aromatic nitrogens is 2. The SMILES string of the molecule is O=C(Nc1cccc(-c2cn3c(n2)SCC3)c1)C1(c2ccccc2)CCOCC1. The highest BCUT2D eigenvalue weighted by Crippen LogP contribution is 2.36. The van der Waals surface area contributed by atoms with Crippen LogP contribution in [0.15, 0.2) is 66.0 Å². The third-order valence-electron chi connectivity index (χ3n) is 5.83. The Hall–Kier alpha value is -2.57. The minimum Gasteiger partial charge on any atom is -0.381 e. The van der Waals surface area contributed by atoms with Crippen LogP contribution in [0.5, 0.6) is 0 Å². The van der Waals surface area contributed by atoms with Gasteiger partial charge in [-0.05, 0) is 30.5 Å². The first-order valence-electron chi connectivity index (χ1n) is 10.00. The van der Waals surface area contributed by atoms with Crippen molar-refractivity contribution in [3.05, 3.63) is 66.4 Å². The zero-order valence-corrected chi connectivity index (χ0v) is 17.0. The highest BCUT2D eigenvalue weighted by Gasteiger charge is 2.41. The molecule has 0 bridgehead atoms. The Morgan fingerprint density at radius 1 is 1.10 bits per heavy atom. The molecule has 1 N–H and O–H groups in total.